The van der Waals surface area contributed by atoms with Gasteiger partial charge in [0.05, 0.1) is 50.0 Å². The number of ether oxygens (including phenoxy) is 3. The zero-order valence-electron chi connectivity index (χ0n) is 27.2. The van der Waals surface area contributed by atoms with E-state index >= 15 is 4.39 Å². The number of pyridine rings is 1. The number of rotatable bonds is 9. The van der Waals surface area contributed by atoms with Crippen LogP contribution in [0.15, 0.2) is 42.9 Å². The van der Waals surface area contributed by atoms with Crippen molar-refractivity contribution >= 4 is 33.4 Å². The number of phenolic OH excluding ortho intramolecular Hbond substituents is 1. The molecule has 3 fully saturated rings. The van der Waals surface area contributed by atoms with Crippen molar-refractivity contribution in [1.82, 2.24) is 25.2 Å². The Labute approximate surface area is 286 Å². The highest BCUT2D eigenvalue weighted by atomic mass is 19.1. The van der Waals surface area contributed by atoms with E-state index in [4.69, 9.17) is 25.6 Å². The van der Waals surface area contributed by atoms with Gasteiger partial charge in [0.2, 0.25) is 0 Å². The fourth-order valence-corrected chi connectivity index (χ4v) is 6.60. The van der Waals surface area contributed by atoms with E-state index in [9.17, 15) is 18.7 Å². The molecule has 4 heterocycles. The number of terminal acetylenes is 1. The molecule has 50 heavy (non-hydrogen) atoms. The maximum atomic E-state index is 16.9. The number of anilines is 1. The molecule has 0 bridgehead atoms. The second-order valence-electron chi connectivity index (χ2n) is 12.9. The SMILES string of the molecule is C#Cc1c(F)ccc2cc(O)cc(-c3ncc4c(N5CCOC[C@@H](NC(=O)C(=C)F)C5)nc(OCC5(CN6CCOCC6)CC5)nc4c3F)c12. The third kappa shape index (κ3) is 6.76. The summed E-state index contributed by atoms with van der Waals surface area (Å²) in [7, 11) is 0. The quantitative estimate of drug-likeness (QED) is 0.196. The standard InChI is InChI=1S/C36H35F3N6O5/c1-3-25-28(38)5-4-22-14-24(46)15-26(29(22)25)31-30(39)32-27(16-40-31)33(45-10-13-49-18-23(17-45)41-34(47)21(2)37)43-35(42-32)50-20-36(6-7-36)19-44-8-11-48-12-9-44/h1,4-5,14-16,23,46H,2,6-13,17-20H2,(H,41,47)/t23-/m0/s1. The van der Waals surface area contributed by atoms with Gasteiger partial charge in [-0.3, -0.25) is 14.7 Å². The van der Waals surface area contributed by atoms with Crippen LogP contribution in [0.3, 0.4) is 0 Å². The van der Waals surface area contributed by atoms with E-state index in [-0.39, 0.29) is 75.9 Å². The normalized spacial score (nSPS) is 19.2. The zero-order chi connectivity index (χ0) is 35.0. The molecule has 1 aliphatic carbocycles. The predicted molar refractivity (Wildman–Crippen MR) is 179 cm³/mol. The number of hydrogen-bond acceptors (Lipinski definition) is 10. The molecule has 1 amide bonds. The van der Waals surface area contributed by atoms with Gasteiger partial charge in [0.1, 0.15) is 28.6 Å². The van der Waals surface area contributed by atoms with Crippen LogP contribution in [0, 0.1) is 29.4 Å². The van der Waals surface area contributed by atoms with E-state index in [0.717, 1.165) is 32.5 Å². The molecule has 3 aliphatic rings. The van der Waals surface area contributed by atoms with Crippen molar-refractivity contribution < 1.29 is 37.3 Å². The van der Waals surface area contributed by atoms with Crippen molar-refractivity contribution in [3.8, 4) is 35.4 Å². The van der Waals surface area contributed by atoms with Crippen LogP contribution in [-0.4, -0.2) is 103 Å². The highest BCUT2D eigenvalue weighted by Crippen LogP contribution is 2.47. The van der Waals surface area contributed by atoms with Gasteiger partial charge >= 0.3 is 6.01 Å². The lowest BCUT2D eigenvalue weighted by Gasteiger charge is -2.30. The van der Waals surface area contributed by atoms with Gasteiger partial charge in [-0.1, -0.05) is 18.6 Å². The minimum atomic E-state index is -1.14. The third-order valence-corrected chi connectivity index (χ3v) is 9.37. The van der Waals surface area contributed by atoms with Gasteiger partial charge in [-0.15, -0.1) is 6.42 Å². The molecule has 11 nitrogen and oxygen atoms in total. The third-order valence-electron chi connectivity index (χ3n) is 9.37. The Morgan fingerprint density at radius 3 is 2.68 bits per heavy atom. The van der Waals surface area contributed by atoms with E-state index in [1.807, 2.05) is 0 Å². The van der Waals surface area contributed by atoms with Crippen molar-refractivity contribution in [2.24, 2.45) is 5.41 Å². The number of amides is 1. The Morgan fingerprint density at radius 2 is 1.94 bits per heavy atom. The fraction of sp³-hybridized carbons (Fsp3) is 0.389. The molecule has 2 aliphatic heterocycles. The van der Waals surface area contributed by atoms with Crippen LogP contribution in [-0.2, 0) is 14.3 Å². The second kappa shape index (κ2) is 13.7. The van der Waals surface area contributed by atoms with Gasteiger partial charge in [0.25, 0.3) is 5.91 Å². The first-order valence-electron chi connectivity index (χ1n) is 16.3. The van der Waals surface area contributed by atoms with Crippen LogP contribution < -0.4 is 15.0 Å². The van der Waals surface area contributed by atoms with Gasteiger partial charge in [-0.05, 0) is 36.4 Å². The molecule has 0 radical (unpaired) electrons. The maximum absolute atomic E-state index is 16.9. The van der Waals surface area contributed by atoms with Crippen LogP contribution in [0.2, 0.25) is 0 Å². The molecule has 0 unspecified atom stereocenters. The summed E-state index contributed by atoms with van der Waals surface area (Å²) >= 11 is 0. The number of carbonyl (C=O) groups is 1. The minimum absolute atomic E-state index is 0.0733. The number of fused-ring (bicyclic) bond motifs is 2. The Hall–Kier alpha value is -4.97. The monoisotopic (exact) mass is 688 g/mol. The number of phenols is 1. The Balaban J connectivity index is 1.31. The molecule has 260 valence electrons. The Bertz CT molecular complexity index is 2030. The first-order chi connectivity index (χ1) is 24.1. The highest BCUT2D eigenvalue weighted by molar-refractivity contribution is 6.03. The Kier molecular flexibility index (Phi) is 9.21. The lowest BCUT2D eigenvalue weighted by Crippen LogP contribution is -2.45. The topological polar surface area (TPSA) is 122 Å². The summed E-state index contributed by atoms with van der Waals surface area (Å²) < 4.78 is 62.7. The number of aromatic nitrogens is 3. The van der Waals surface area contributed by atoms with Crippen LogP contribution in [0.1, 0.15) is 18.4 Å². The summed E-state index contributed by atoms with van der Waals surface area (Å²) in [5, 5.41) is 13.9. The van der Waals surface area contributed by atoms with Crippen LogP contribution in [0.4, 0.5) is 19.0 Å². The fourth-order valence-electron chi connectivity index (χ4n) is 6.60. The number of carbonyl (C=O) groups excluding carboxylic acids is 1. The number of nitrogens with one attached hydrogen (secondary N) is 1. The molecule has 2 aromatic carbocycles. The summed E-state index contributed by atoms with van der Waals surface area (Å²) in [6.45, 7) is 7.96. The van der Waals surface area contributed by atoms with Crippen LogP contribution in [0.5, 0.6) is 11.8 Å². The van der Waals surface area contributed by atoms with Gasteiger partial charge < -0.3 is 29.5 Å². The van der Waals surface area contributed by atoms with E-state index in [1.54, 1.807) is 4.90 Å². The van der Waals surface area contributed by atoms with Crippen molar-refractivity contribution in [3.05, 3.63) is 60.1 Å². The van der Waals surface area contributed by atoms with E-state index in [0.29, 0.717) is 31.8 Å². The van der Waals surface area contributed by atoms with Crippen molar-refractivity contribution in [1.29, 1.82) is 0 Å². The summed E-state index contributed by atoms with van der Waals surface area (Å²) in [6, 6.07) is 4.59. The minimum Gasteiger partial charge on any atom is -0.508 e. The first kappa shape index (κ1) is 33.5. The van der Waals surface area contributed by atoms with Crippen molar-refractivity contribution in [3.63, 3.8) is 0 Å². The maximum Gasteiger partial charge on any atom is 0.319 e. The number of benzene rings is 2. The summed E-state index contributed by atoms with van der Waals surface area (Å²) in [4.78, 5) is 29.9. The van der Waals surface area contributed by atoms with E-state index < -0.39 is 29.4 Å². The second-order valence-corrected chi connectivity index (χ2v) is 12.9. The first-order valence-corrected chi connectivity index (χ1v) is 16.3. The largest absolute Gasteiger partial charge is 0.508 e. The highest BCUT2D eigenvalue weighted by Gasteiger charge is 2.45. The van der Waals surface area contributed by atoms with E-state index in [2.05, 4.69) is 32.7 Å². The summed E-state index contributed by atoms with van der Waals surface area (Å²) in [5.74, 6) is -1.24. The number of morpholine rings is 1. The van der Waals surface area contributed by atoms with Crippen molar-refractivity contribution in [2.75, 3.05) is 70.7 Å². The molecule has 1 saturated carbocycles. The molecule has 0 spiro atoms. The molecule has 4 aromatic rings. The van der Waals surface area contributed by atoms with Gasteiger partial charge in [-0.25, -0.2) is 13.2 Å². The molecule has 2 N–H and O–H groups in total. The summed E-state index contributed by atoms with van der Waals surface area (Å²) in [5.41, 5.74) is -0.475. The van der Waals surface area contributed by atoms with Crippen LogP contribution in [0.25, 0.3) is 32.9 Å². The van der Waals surface area contributed by atoms with Gasteiger partial charge in [0, 0.05) is 55.3 Å². The van der Waals surface area contributed by atoms with Crippen molar-refractivity contribution in [2.45, 2.75) is 18.9 Å². The molecule has 7 rings (SSSR count). The molecular weight excluding hydrogens is 653 g/mol. The molecular formula is C36H35F3N6O5. The zero-order valence-corrected chi connectivity index (χ0v) is 27.2. The number of hydrogen-bond donors (Lipinski definition) is 2. The average Bonchev–Trinajstić information content (AvgIpc) is 3.91. The molecule has 2 aromatic heterocycles. The smallest absolute Gasteiger partial charge is 0.319 e. The molecule has 14 heteroatoms. The average molecular weight is 689 g/mol. The summed E-state index contributed by atoms with van der Waals surface area (Å²) in [6.07, 6.45) is 8.98. The lowest BCUT2D eigenvalue weighted by atomic mass is 9.96. The number of nitrogens with zero attached hydrogens (tertiary/aromatic N) is 5. The van der Waals surface area contributed by atoms with E-state index in [1.165, 1.54) is 30.5 Å². The lowest BCUT2D eigenvalue weighted by molar-refractivity contribution is -0.119. The Morgan fingerprint density at radius 1 is 1.16 bits per heavy atom. The predicted octanol–water partition coefficient (Wildman–Crippen LogP) is 4.11. The molecule has 2 saturated heterocycles. The number of aromatic hydroxyl groups is 1. The van der Waals surface area contributed by atoms with Crippen LogP contribution >= 0.6 is 0 Å². The number of halogens is 3. The van der Waals surface area contributed by atoms with Gasteiger partial charge in [-0.2, -0.15) is 9.97 Å². The van der Waals surface area contributed by atoms with Gasteiger partial charge in [0.15, 0.2) is 11.6 Å². The molecule has 1 atom stereocenters.